The molecule has 0 radical (unpaired) electrons. The topological polar surface area (TPSA) is 55.1 Å². The molecule has 0 aliphatic carbocycles. The quantitative estimate of drug-likeness (QED) is 0.793. The van der Waals surface area contributed by atoms with Crippen LogP contribution in [0.1, 0.15) is 36.2 Å². The van der Waals surface area contributed by atoms with Crippen LogP contribution in [0.5, 0.6) is 0 Å². The van der Waals surface area contributed by atoms with Crippen molar-refractivity contribution < 1.29 is 4.79 Å². The number of nitrogens with two attached hydrogens (primary N) is 1. The minimum Gasteiger partial charge on any atom is -0.350 e. The third-order valence-electron chi connectivity index (χ3n) is 2.60. The van der Waals surface area contributed by atoms with Crippen LogP contribution >= 0.6 is 0 Å². The van der Waals surface area contributed by atoms with Crippen molar-refractivity contribution in [1.29, 1.82) is 0 Å². The van der Waals surface area contributed by atoms with E-state index in [1.54, 1.807) is 0 Å². The summed E-state index contributed by atoms with van der Waals surface area (Å²) in [5.41, 5.74) is 7.38. The Kier molecular flexibility index (Phi) is 4.99. The average Bonchev–Trinajstić information content (AvgIpc) is 2.29. The van der Waals surface area contributed by atoms with Gasteiger partial charge in [-0.1, -0.05) is 19.1 Å². The number of hydrogen-bond donors (Lipinski definition) is 2. The fraction of sp³-hybridized carbons (Fsp3) is 0.462. The molecule has 0 saturated carbocycles. The maximum absolute atomic E-state index is 11.8. The average molecular weight is 220 g/mol. The highest BCUT2D eigenvalue weighted by Gasteiger charge is 2.08. The Morgan fingerprint density at radius 2 is 2.00 bits per heavy atom. The predicted molar refractivity (Wildman–Crippen MR) is 66.4 cm³/mol. The molecule has 1 rings (SSSR count). The second-order valence-corrected chi connectivity index (χ2v) is 4.00. The van der Waals surface area contributed by atoms with Gasteiger partial charge in [0.25, 0.3) is 5.91 Å². The first-order valence-electron chi connectivity index (χ1n) is 5.77. The van der Waals surface area contributed by atoms with Crippen LogP contribution in [-0.4, -0.2) is 18.5 Å². The van der Waals surface area contributed by atoms with Crippen molar-refractivity contribution in [1.82, 2.24) is 5.32 Å². The molecule has 0 fully saturated rings. The number of rotatable bonds is 5. The molecule has 1 aromatic carbocycles. The predicted octanol–water partition coefficient (Wildman–Crippen LogP) is 1.72. The van der Waals surface area contributed by atoms with Gasteiger partial charge in [-0.2, -0.15) is 0 Å². The van der Waals surface area contributed by atoms with Crippen LogP contribution < -0.4 is 11.1 Å². The van der Waals surface area contributed by atoms with E-state index < -0.39 is 0 Å². The summed E-state index contributed by atoms with van der Waals surface area (Å²) in [7, 11) is 0. The van der Waals surface area contributed by atoms with Crippen LogP contribution in [0.15, 0.2) is 24.3 Å². The molecule has 0 spiro atoms. The Labute approximate surface area is 97.0 Å². The van der Waals surface area contributed by atoms with E-state index >= 15 is 0 Å². The van der Waals surface area contributed by atoms with Gasteiger partial charge in [0.1, 0.15) is 0 Å². The summed E-state index contributed by atoms with van der Waals surface area (Å²) >= 11 is 0. The second-order valence-electron chi connectivity index (χ2n) is 4.00. The molecule has 1 unspecified atom stereocenters. The monoisotopic (exact) mass is 220 g/mol. The molecule has 1 atom stereocenters. The second kappa shape index (κ2) is 6.28. The largest absolute Gasteiger partial charge is 0.350 e. The number of amides is 1. The summed E-state index contributed by atoms with van der Waals surface area (Å²) in [6, 6.07) is 7.83. The van der Waals surface area contributed by atoms with Gasteiger partial charge >= 0.3 is 0 Å². The zero-order valence-electron chi connectivity index (χ0n) is 9.99. The summed E-state index contributed by atoms with van der Waals surface area (Å²) < 4.78 is 0. The van der Waals surface area contributed by atoms with E-state index in [2.05, 4.69) is 12.2 Å². The summed E-state index contributed by atoms with van der Waals surface area (Å²) in [6.07, 6.45) is 1.80. The fourth-order valence-electron chi connectivity index (χ4n) is 1.52. The van der Waals surface area contributed by atoms with Crippen molar-refractivity contribution in [2.45, 2.75) is 32.7 Å². The summed E-state index contributed by atoms with van der Waals surface area (Å²) in [6.45, 7) is 4.65. The van der Waals surface area contributed by atoms with Crippen molar-refractivity contribution in [2.24, 2.45) is 5.73 Å². The minimum absolute atomic E-state index is 0.0244. The van der Waals surface area contributed by atoms with Crippen LogP contribution in [0.2, 0.25) is 0 Å². The first-order chi connectivity index (χ1) is 7.67. The molecule has 0 saturated heterocycles. The Morgan fingerprint density at radius 3 is 2.50 bits per heavy atom. The highest BCUT2D eigenvalue weighted by molar-refractivity contribution is 5.94. The molecule has 0 aliphatic heterocycles. The van der Waals surface area contributed by atoms with Crippen LogP contribution in [0.3, 0.4) is 0 Å². The highest BCUT2D eigenvalue weighted by Crippen LogP contribution is 2.05. The fourth-order valence-corrected chi connectivity index (χ4v) is 1.52. The Hall–Kier alpha value is -1.35. The van der Waals surface area contributed by atoms with Gasteiger partial charge in [-0.15, -0.1) is 0 Å². The van der Waals surface area contributed by atoms with Gasteiger partial charge in [0.2, 0.25) is 0 Å². The van der Waals surface area contributed by atoms with Crippen LogP contribution in [0, 0.1) is 0 Å². The highest BCUT2D eigenvalue weighted by atomic mass is 16.1. The molecule has 0 heterocycles. The third-order valence-corrected chi connectivity index (χ3v) is 2.60. The molecule has 3 N–H and O–H groups in total. The molecule has 88 valence electrons. The zero-order valence-corrected chi connectivity index (χ0v) is 9.99. The van der Waals surface area contributed by atoms with Crippen molar-refractivity contribution in [3.05, 3.63) is 35.4 Å². The minimum atomic E-state index is -0.0244. The lowest BCUT2D eigenvalue weighted by Gasteiger charge is -2.12. The Morgan fingerprint density at radius 1 is 1.38 bits per heavy atom. The molecule has 0 bridgehead atoms. The maximum atomic E-state index is 11.8. The number of benzene rings is 1. The van der Waals surface area contributed by atoms with Gasteiger partial charge < -0.3 is 11.1 Å². The lowest BCUT2D eigenvalue weighted by molar-refractivity contribution is 0.0939. The lowest BCUT2D eigenvalue weighted by Crippen LogP contribution is -2.34. The summed E-state index contributed by atoms with van der Waals surface area (Å²) in [5, 5.41) is 2.92. The Balaban J connectivity index is 2.59. The van der Waals surface area contributed by atoms with Gasteiger partial charge in [-0.25, -0.2) is 0 Å². The zero-order chi connectivity index (χ0) is 12.0. The number of carbonyl (C=O) groups is 1. The number of carbonyl (C=O) groups excluding carboxylic acids is 1. The molecular weight excluding hydrogens is 200 g/mol. The molecule has 1 amide bonds. The number of hydrogen-bond acceptors (Lipinski definition) is 2. The smallest absolute Gasteiger partial charge is 0.251 e. The molecule has 0 aromatic heterocycles. The Bertz CT molecular complexity index is 332. The first-order valence-corrected chi connectivity index (χ1v) is 5.77. The number of aryl methyl sites for hydroxylation is 1. The van der Waals surface area contributed by atoms with E-state index in [0.29, 0.717) is 12.1 Å². The van der Waals surface area contributed by atoms with Crippen LogP contribution in [0.25, 0.3) is 0 Å². The van der Waals surface area contributed by atoms with Gasteiger partial charge in [0.05, 0.1) is 0 Å². The van der Waals surface area contributed by atoms with Gasteiger partial charge in [0.15, 0.2) is 0 Å². The number of nitrogens with one attached hydrogen (secondary N) is 1. The molecule has 3 nitrogen and oxygen atoms in total. The third kappa shape index (κ3) is 3.66. The SMILES string of the molecule is CCc1ccc(C(=O)NC(C)CCN)cc1. The van der Waals surface area contributed by atoms with Gasteiger partial charge in [0, 0.05) is 11.6 Å². The van der Waals surface area contributed by atoms with E-state index in [1.165, 1.54) is 5.56 Å². The van der Waals surface area contributed by atoms with Crippen molar-refractivity contribution in [3.63, 3.8) is 0 Å². The molecule has 1 aromatic rings. The van der Waals surface area contributed by atoms with Crippen molar-refractivity contribution in [2.75, 3.05) is 6.54 Å². The summed E-state index contributed by atoms with van der Waals surface area (Å²) in [4.78, 5) is 11.8. The van der Waals surface area contributed by atoms with E-state index in [1.807, 2.05) is 31.2 Å². The van der Waals surface area contributed by atoms with Crippen molar-refractivity contribution >= 4 is 5.91 Å². The molecule has 0 aliphatic rings. The summed E-state index contributed by atoms with van der Waals surface area (Å²) in [5.74, 6) is -0.0244. The van der Waals surface area contributed by atoms with Gasteiger partial charge in [-0.3, -0.25) is 4.79 Å². The van der Waals surface area contributed by atoms with Crippen molar-refractivity contribution in [3.8, 4) is 0 Å². The molecule has 16 heavy (non-hydrogen) atoms. The normalized spacial score (nSPS) is 12.2. The standard InChI is InChI=1S/C13H20N2O/c1-3-11-4-6-12(7-5-11)13(16)15-10(2)8-9-14/h4-7,10H,3,8-9,14H2,1-2H3,(H,15,16). The molecule has 3 heteroatoms. The van der Waals surface area contributed by atoms with E-state index in [0.717, 1.165) is 12.8 Å². The maximum Gasteiger partial charge on any atom is 0.251 e. The van der Waals surface area contributed by atoms with Gasteiger partial charge in [-0.05, 0) is 44.0 Å². The van der Waals surface area contributed by atoms with Crippen LogP contribution in [-0.2, 0) is 6.42 Å². The molecular formula is C13H20N2O. The van der Waals surface area contributed by atoms with E-state index in [9.17, 15) is 4.79 Å². The lowest BCUT2D eigenvalue weighted by atomic mass is 10.1. The first kappa shape index (κ1) is 12.7. The van der Waals surface area contributed by atoms with E-state index in [4.69, 9.17) is 5.73 Å². The van der Waals surface area contributed by atoms with Crippen LogP contribution in [0.4, 0.5) is 0 Å². The van der Waals surface area contributed by atoms with E-state index in [-0.39, 0.29) is 11.9 Å².